The fraction of sp³-hybridized carbons (Fsp3) is 0.450. The van der Waals surface area contributed by atoms with Gasteiger partial charge in [0.1, 0.15) is 12.4 Å². The fourth-order valence-electron chi connectivity index (χ4n) is 2.99. The second-order valence-electron chi connectivity index (χ2n) is 6.27. The third kappa shape index (κ3) is 5.53. The summed E-state index contributed by atoms with van der Waals surface area (Å²) in [6, 6.07) is 12.1. The van der Waals surface area contributed by atoms with Gasteiger partial charge >= 0.3 is 0 Å². The molecule has 134 valence electrons. The number of pyridine rings is 1. The molecule has 1 aliphatic heterocycles. The van der Waals surface area contributed by atoms with E-state index in [0.29, 0.717) is 6.61 Å². The maximum absolute atomic E-state index is 5.99. The van der Waals surface area contributed by atoms with Gasteiger partial charge in [-0.25, -0.2) is 0 Å². The zero-order valence-corrected chi connectivity index (χ0v) is 14.9. The van der Waals surface area contributed by atoms with Crippen molar-refractivity contribution < 1.29 is 9.47 Å². The summed E-state index contributed by atoms with van der Waals surface area (Å²) in [5.74, 6) is 0.923. The number of morpholine rings is 1. The lowest BCUT2D eigenvalue weighted by molar-refractivity contribution is -0.0253. The summed E-state index contributed by atoms with van der Waals surface area (Å²) in [7, 11) is 0. The Bertz CT molecular complexity index is 636. The Labute approximate surface area is 150 Å². The third-order valence-corrected chi connectivity index (χ3v) is 4.47. The second-order valence-corrected chi connectivity index (χ2v) is 6.27. The molecule has 0 saturated carbocycles. The molecule has 3 rings (SSSR count). The number of nitrogens with zero attached hydrogens (tertiary/aromatic N) is 2. The molecule has 0 radical (unpaired) electrons. The topological polar surface area (TPSA) is 46.6 Å². The van der Waals surface area contributed by atoms with Crippen LogP contribution in [0.5, 0.6) is 5.75 Å². The number of para-hydroxylation sites is 1. The van der Waals surface area contributed by atoms with Gasteiger partial charge in [-0.1, -0.05) is 25.1 Å². The van der Waals surface area contributed by atoms with Gasteiger partial charge in [-0.3, -0.25) is 9.88 Å². The molecule has 0 aliphatic carbocycles. The maximum Gasteiger partial charge on any atom is 0.124 e. The number of nitrogens with one attached hydrogen (secondary N) is 1. The van der Waals surface area contributed by atoms with E-state index in [9.17, 15) is 0 Å². The van der Waals surface area contributed by atoms with Crippen LogP contribution in [0.15, 0.2) is 48.8 Å². The van der Waals surface area contributed by atoms with Crippen LogP contribution in [0, 0.1) is 0 Å². The second kappa shape index (κ2) is 9.51. The monoisotopic (exact) mass is 341 g/mol. The molecule has 1 aromatic carbocycles. The fourth-order valence-corrected chi connectivity index (χ4v) is 2.99. The van der Waals surface area contributed by atoms with E-state index in [-0.39, 0.29) is 6.10 Å². The van der Waals surface area contributed by atoms with Crippen LogP contribution in [-0.4, -0.2) is 48.8 Å². The highest BCUT2D eigenvalue weighted by atomic mass is 16.5. The van der Waals surface area contributed by atoms with Gasteiger partial charge in [0, 0.05) is 44.1 Å². The van der Waals surface area contributed by atoms with Crippen LogP contribution >= 0.6 is 0 Å². The van der Waals surface area contributed by atoms with Gasteiger partial charge in [-0.05, 0) is 30.3 Å². The van der Waals surface area contributed by atoms with Gasteiger partial charge in [-0.15, -0.1) is 0 Å². The van der Waals surface area contributed by atoms with E-state index in [0.717, 1.165) is 50.6 Å². The first-order valence-electron chi connectivity index (χ1n) is 8.99. The summed E-state index contributed by atoms with van der Waals surface area (Å²) >= 11 is 0. The van der Waals surface area contributed by atoms with Crippen molar-refractivity contribution in [3.8, 4) is 5.75 Å². The van der Waals surface area contributed by atoms with Crippen molar-refractivity contribution in [3.05, 3.63) is 59.9 Å². The van der Waals surface area contributed by atoms with E-state index in [4.69, 9.17) is 9.47 Å². The molecule has 0 bridgehead atoms. The van der Waals surface area contributed by atoms with Gasteiger partial charge < -0.3 is 14.8 Å². The Kier molecular flexibility index (Phi) is 6.79. The minimum atomic E-state index is 0.263. The van der Waals surface area contributed by atoms with Crippen LogP contribution in [0.2, 0.25) is 0 Å². The van der Waals surface area contributed by atoms with E-state index >= 15 is 0 Å². The number of likely N-dealkylation sites (N-methyl/N-ethyl adjacent to an activating group) is 1. The van der Waals surface area contributed by atoms with Crippen molar-refractivity contribution in [2.75, 3.05) is 32.8 Å². The van der Waals surface area contributed by atoms with Gasteiger partial charge in [0.2, 0.25) is 0 Å². The van der Waals surface area contributed by atoms with Crippen molar-refractivity contribution in [1.82, 2.24) is 15.2 Å². The summed E-state index contributed by atoms with van der Waals surface area (Å²) in [5.41, 5.74) is 2.28. The first kappa shape index (κ1) is 17.9. The van der Waals surface area contributed by atoms with Crippen molar-refractivity contribution >= 4 is 0 Å². The van der Waals surface area contributed by atoms with Crippen molar-refractivity contribution in [1.29, 1.82) is 0 Å². The van der Waals surface area contributed by atoms with Crippen LogP contribution in [0.4, 0.5) is 0 Å². The summed E-state index contributed by atoms with van der Waals surface area (Å²) in [5, 5.41) is 3.51. The lowest BCUT2D eigenvalue weighted by Gasteiger charge is -2.32. The summed E-state index contributed by atoms with van der Waals surface area (Å²) in [6.45, 7) is 8.34. The number of ether oxygens (including phenoxy) is 2. The number of rotatable bonds is 8. The molecule has 2 aromatic rings. The third-order valence-electron chi connectivity index (χ3n) is 4.47. The highest BCUT2D eigenvalue weighted by molar-refractivity contribution is 5.33. The van der Waals surface area contributed by atoms with Crippen LogP contribution in [0.1, 0.15) is 18.1 Å². The van der Waals surface area contributed by atoms with E-state index < -0.39 is 0 Å². The maximum atomic E-state index is 5.99. The zero-order valence-electron chi connectivity index (χ0n) is 14.9. The van der Waals surface area contributed by atoms with Gasteiger partial charge in [0.15, 0.2) is 0 Å². The van der Waals surface area contributed by atoms with Crippen molar-refractivity contribution in [2.24, 2.45) is 0 Å². The van der Waals surface area contributed by atoms with Crippen LogP contribution in [0.3, 0.4) is 0 Å². The molecular weight excluding hydrogens is 314 g/mol. The standard InChI is InChI=1S/C20H27N3O2/c1-2-23-11-12-24-19(15-23)14-22-13-18-5-3-4-6-20(18)25-16-17-7-9-21-10-8-17/h3-10,19,22H,2,11-16H2,1H3/t19-/m0/s1. The first-order chi connectivity index (χ1) is 12.3. The lowest BCUT2D eigenvalue weighted by Crippen LogP contribution is -2.46. The average Bonchev–Trinajstić information content (AvgIpc) is 2.68. The van der Waals surface area contributed by atoms with E-state index in [1.54, 1.807) is 12.4 Å². The average molecular weight is 341 g/mol. The Morgan fingerprint density at radius 2 is 2.08 bits per heavy atom. The highest BCUT2D eigenvalue weighted by Crippen LogP contribution is 2.19. The molecule has 1 fully saturated rings. The molecule has 1 N–H and O–H groups in total. The molecular formula is C20H27N3O2. The smallest absolute Gasteiger partial charge is 0.124 e. The van der Waals surface area contributed by atoms with Crippen LogP contribution < -0.4 is 10.1 Å². The normalized spacial score (nSPS) is 18.2. The lowest BCUT2D eigenvalue weighted by atomic mass is 10.2. The molecule has 1 aliphatic rings. The molecule has 25 heavy (non-hydrogen) atoms. The van der Waals surface area contributed by atoms with Gasteiger partial charge in [0.25, 0.3) is 0 Å². The summed E-state index contributed by atoms with van der Waals surface area (Å²) in [6.07, 6.45) is 3.84. The summed E-state index contributed by atoms with van der Waals surface area (Å²) < 4.78 is 11.8. The van der Waals surface area contributed by atoms with E-state index in [1.165, 1.54) is 5.56 Å². The van der Waals surface area contributed by atoms with Crippen LogP contribution in [0.25, 0.3) is 0 Å². The molecule has 2 heterocycles. The first-order valence-corrected chi connectivity index (χ1v) is 8.99. The number of hydrogen-bond acceptors (Lipinski definition) is 5. The zero-order chi connectivity index (χ0) is 17.3. The molecule has 1 saturated heterocycles. The largest absolute Gasteiger partial charge is 0.489 e. The van der Waals surface area contributed by atoms with Crippen molar-refractivity contribution in [3.63, 3.8) is 0 Å². The van der Waals surface area contributed by atoms with Crippen molar-refractivity contribution in [2.45, 2.75) is 26.2 Å². The quantitative estimate of drug-likeness (QED) is 0.799. The SMILES string of the molecule is CCN1CCO[C@@H](CNCc2ccccc2OCc2ccncc2)C1. The molecule has 0 unspecified atom stereocenters. The molecule has 0 spiro atoms. The minimum absolute atomic E-state index is 0.263. The molecule has 0 amide bonds. The predicted octanol–water partition coefficient (Wildman–Crippen LogP) is 2.47. The van der Waals surface area contributed by atoms with Crippen LogP contribution in [-0.2, 0) is 17.9 Å². The summed E-state index contributed by atoms with van der Waals surface area (Å²) in [4.78, 5) is 6.47. The molecule has 5 heteroatoms. The minimum Gasteiger partial charge on any atom is -0.489 e. The Hall–Kier alpha value is -1.95. The van der Waals surface area contributed by atoms with Gasteiger partial charge in [-0.2, -0.15) is 0 Å². The molecule has 1 atom stereocenters. The van der Waals surface area contributed by atoms with E-state index in [2.05, 4.69) is 28.2 Å². The Balaban J connectivity index is 1.49. The number of aromatic nitrogens is 1. The Morgan fingerprint density at radius 1 is 1.24 bits per heavy atom. The predicted molar refractivity (Wildman–Crippen MR) is 98.6 cm³/mol. The highest BCUT2D eigenvalue weighted by Gasteiger charge is 2.18. The Morgan fingerprint density at radius 3 is 2.92 bits per heavy atom. The van der Waals surface area contributed by atoms with E-state index in [1.807, 2.05) is 30.3 Å². The number of hydrogen-bond donors (Lipinski definition) is 1. The molecule has 1 aromatic heterocycles. The van der Waals surface area contributed by atoms with Gasteiger partial charge in [0.05, 0.1) is 12.7 Å². The molecule has 5 nitrogen and oxygen atoms in total. The number of benzene rings is 1.